The number of likely N-dealkylation sites (N-methyl/N-ethyl adjacent to an activating group) is 1. The molecule has 3 rings (SSSR count). The summed E-state index contributed by atoms with van der Waals surface area (Å²) in [5.41, 5.74) is 2.51. The van der Waals surface area contributed by atoms with Gasteiger partial charge in [0.05, 0.1) is 9.83 Å². The fourth-order valence-corrected chi connectivity index (χ4v) is 4.11. The molecule has 0 unspecified atom stereocenters. The average molecular weight is 415 g/mol. The number of thioether (sulfide) groups is 1. The Labute approximate surface area is 172 Å². The van der Waals surface area contributed by atoms with Crippen LogP contribution in [0.2, 0.25) is 0 Å². The van der Waals surface area contributed by atoms with E-state index >= 15 is 0 Å². The number of rotatable bonds is 6. The number of carbonyl (C=O) groups excluding carboxylic acids is 1. The van der Waals surface area contributed by atoms with Gasteiger partial charge in [0.1, 0.15) is 16.7 Å². The first-order valence-electron chi connectivity index (χ1n) is 8.61. The number of ether oxygens (including phenoxy) is 1. The highest BCUT2D eigenvalue weighted by molar-refractivity contribution is 8.26. The number of amides is 1. The van der Waals surface area contributed by atoms with Crippen LogP contribution in [0.1, 0.15) is 23.6 Å². The summed E-state index contributed by atoms with van der Waals surface area (Å²) in [6, 6.07) is 12.2. The molecule has 1 fully saturated rings. The molecule has 8 heteroatoms. The van der Waals surface area contributed by atoms with E-state index in [2.05, 4.69) is 0 Å². The predicted molar refractivity (Wildman–Crippen MR) is 114 cm³/mol. The second kappa shape index (κ2) is 8.53. The van der Waals surface area contributed by atoms with Crippen LogP contribution in [0.25, 0.3) is 6.08 Å². The first-order valence-corrected chi connectivity index (χ1v) is 9.84. The molecule has 0 N–H and O–H groups in total. The van der Waals surface area contributed by atoms with Gasteiger partial charge in [0.25, 0.3) is 11.6 Å². The topological polar surface area (TPSA) is 72.7 Å². The molecule has 1 heterocycles. The quantitative estimate of drug-likeness (QED) is 0.295. The van der Waals surface area contributed by atoms with Gasteiger partial charge >= 0.3 is 0 Å². The van der Waals surface area contributed by atoms with Gasteiger partial charge in [-0.25, -0.2) is 0 Å². The molecule has 28 heavy (non-hydrogen) atoms. The number of carbonyl (C=O) groups is 1. The predicted octanol–water partition coefficient (Wildman–Crippen LogP) is 4.70. The van der Waals surface area contributed by atoms with Crippen molar-refractivity contribution in [1.82, 2.24) is 4.90 Å². The van der Waals surface area contributed by atoms with Crippen LogP contribution in [-0.2, 0) is 11.4 Å². The lowest BCUT2D eigenvalue weighted by Crippen LogP contribution is -2.27. The molecule has 6 nitrogen and oxygen atoms in total. The van der Waals surface area contributed by atoms with Crippen molar-refractivity contribution in [1.29, 1.82) is 0 Å². The minimum atomic E-state index is -0.472. The Hall–Kier alpha value is -2.71. The molecule has 1 saturated heterocycles. The molecular weight excluding hydrogens is 396 g/mol. The zero-order chi connectivity index (χ0) is 20.3. The molecule has 0 bridgehead atoms. The summed E-state index contributed by atoms with van der Waals surface area (Å²) in [5, 5.41) is 11.2. The number of benzene rings is 2. The molecule has 2 aromatic rings. The molecule has 0 saturated carbocycles. The highest BCUT2D eigenvalue weighted by atomic mass is 32.2. The number of hydrogen-bond donors (Lipinski definition) is 0. The van der Waals surface area contributed by atoms with Crippen molar-refractivity contribution in [2.75, 3.05) is 6.54 Å². The van der Waals surface area contributed by atoms with Crippen molar-refractivity contribution in [3.63, 3.8) is 0 Å². The van der Waals surface area contributed by atoms with Crippen molar-refractivity contribution in [2.24, 2.45) is 0 Å². The Morgan fingerprint density at radius 2 is 2.04 bits per heavy atom. The van der Waals surface area contributed by atoms with Gasteiger partial charge in [0.15, 0.2) is 0 Å². The molecule has 1 aliphatic heterocycles. The van der Waals surface area contributed by atoms with Crippen molar-refractivity contribution < 1.29 is 14.5 Å². The summed E-state index contributed by atoms with van der Waals surface area (Å²) in [6.07, 6.45) is 1.61. The van der Waals surface area contributed by atoms with E-state index in [0.29, 0.717) is 33.7 Å². The lowest BCUT2D eigenvalue weighted by molar-refractivity contribution is -0.384. The molecule has 0 spiro atoms. The first-order chi connectivity index (χ1) is 13.4. The van der Waals surface area contributed by atoms with E-state index in [1.165, 1.54) is 28.8 Å². The Bertz CT molecular complexity index is 988. The highest BCUT2D eigenvalue weighted by Crippen LogP contribution is 2.35. The smallest absolute Gasteiger partial charge is 0.270 e. The summed E-state index contributed by atoms with van der Waals surface area (Å²) >= 11 is 6.41. The van der Waals surface area contributed by atoms with Crippen molar-refractivity contribution in [2.45, 2.75) is 20.5 Å². The third kappa shape index (κ3) is 4.23. The van der Waals surface area contributed by atoms with Crippen LogP contribution in [0.15, 0.2) is 47.4 Å². The molecule has 0 atom stereocenters. The summed E-state index contributed by atoms with van der Waals surface area (Å²) in [5.74, 6) is 0.268. The number of hydrogen-bond acceptors (Lipinski definition) is 6. The Morgan fingerprint density at radius 3 is 2.68 bits per heavy atom. The fraction of sp³-hybridized carbons (Fsp3) is 0.200. The molecule has 0 radical (unpaired) electrons. The fourth-order valence-electron chi connectivity index (χ4n) is 2.74. The second-order valence-corrected chi connectivity index (χ2v) is 7.80. The molecule has 1 amide bonds. The van der Waals surface area contributed by atoms with Crippen LogP contribution in [0.5, 0.6) is 5.75 Å². The van der Waals surface area contributed by atoms with E-state index in [4.69, 9.17) is 17.0 Å². The summed E-state index contributed by atoms with van der Waals surface area (Å²) < 4.78 is 6.41. The summed E-state index contributed by atoms with van der Waals surface area (Å²) in [6.45, 7) is 4.64. The number of thiocarbonyl (C=S) groups is 1. The summed E-state index contributed by atoms with van der Waals surface area (Å²) in [4.78, 5) is 25.1. The van der Waals surface area contributed by atoms with Gasteiger partial charge in [-0.1, -0.05) is 48.2 Å². The van der Waals surface area contributed by atoms with Crippen LogP contribution in [0, 0.1) is 17.0 Å². The third-order valence-electron chi connectivity index (χ3n) is 4.33. The largest absolute Gasteiger partial charge is 0.488 e. The number of non-ortho nitro benzene ring substituents is 1. The number of nitro benzene ring substituents is 1. The second-order valence-electron chi connectivity index (χ2n) is 6.12. The molecule has 0 aromatic heterocycles. The van der Waals surface area contributed by atoms with Gasteiger partial charge in [-0.05, 0) is 37.1 Å². The maximum absolute atomic E-state index is 12.5. The number of aryl methyl sites for hydroxylation is 1. The Balaban J connectivity index is 1.94. The first kappa shape index (κ1) is 20.0. The van der Waals surface area contributed by atoms with Gasteiger partial charge in [-0.3, -0.25) is 19.8 Å². The van der Waals surface area contributed by atoms with Gasteiger partial charge in [-0.2, -0.15) is 0 Å². The maximum atomic E-state index is 12.5. The van der Waals surface area contributed by atoms with Gasteiger partial charge < -0.3 is 4.74 Å². The standard InChI is InChI=1S/C20H18N2O4S2/c1-3-21-19(23)18(28-20(21)27)11-15-10-16(22(24)25)8-9-17(15)26-12-14-7-5-4-6-13(14)2/h4-11H,3,12H2,1-2H3. The molecule has 1 aliphatic rings. The minimum absolute atomic E-state index is 0.0690. The van der Waals surface area contributed by atoms with E-state index in [0.717, 1.165) is 11.1 Å². The number of nitrogens with zero attached hydrogens (tertiary/aromatic N) is 2. The van der Waals surface area contributed by atoms with E-state index in [9.17, 15) is 14.9 Å². The molecule has 0 aliphatic carbocycles. The van der Waals surface area contributed by atoms with Crippen LogP contribution in [-0.4, -0.2) is 26.6 Å². The lowest BCUT2D eigenvalue weighted by Gasteiger charge is -2.12. The van der Waals surface area contributed by atoms with Crippen molar-refractivity contribution in [3.8, 4) is 5.75 Å². The molecular formula is C20H18N2O4S2. The molecule has 144 valence electrons. The Morgan fingerprint density at radius 1 is 1.29 bits per heavy atom. The summed E-state index contributed by atoms with van der Waals surface area (Å²) in [7, 11) is 0. The SMILES string of the molecule is CCN1C(=O)C(=Cc2cc([N+](=O)[O-])ccc2OCc2ccccc2C)SC1=S. The van der Waals surface area contributed by atoms with Gasteiger partial charge in [0.2, 0.25) is 0 Å². The average Bonchev–Trinajstić information content (AvgIpc) is 2.94. The van der Waals surface area contributed by atoms with E-state index in [-0.39, 0.29) is 11.6 Å². The van der Waals surface area contributed by atoms with E-state index in [1.54, 1.807) is 12.1 Å². The monoisotopic (exact) mass is 414 g/mol. The number of nitro groups is 1. The lowest BCUT2D eigenvalue weighted by atomic mass is 10.1. The maximum Gasteiger partial charge on any atom is 0.270 e. The van der Waals surface area contributed by atoms with Gasteiger partial charge in [0, 0.05) is 24.2 Å². The minimum Gasteiger partial charge on any atom is -0.488 e. The van der Waals surface area contributed by atoms with Crippen LogP contribution in [0.3, 0.4) is 0 Å². The van der Waals surface area contributed by atoms with E-state index in [1.807, 2.05) is 38.1 Å². The van der Waals surface area contributed by atoms with Crippen molar-refractivity contribution >= 4 is 46.0 Å². The normalized spacial score (nSPS) is 15.4. The third-order valence-corrected chi connectivity index (χ3v) is 5.70. The Kier molecular flexibility index (Phi) is 6.11. The van der Waals surface area contributed by atoms with Crippen LogP contribution < -0.4 is 4.74 Å². The molecule has 2 aromatic carbocycles. The zero-order valence-electron chi connectivity index (χ0n) is 15.4. The van der Waals surface area contributed by atoms with Gasteiger partial charge in [-0.15, -0.1) is 0 Å². The van der Waals surface area contributed by atoms with Crippen LogP contribution in [0.4, 0.5) is 5.69 Å². The van der Waals surface area contributed by atoms with Crippen LogP contribution >= 0.6 is 24.0 Å². The van der Waals surface area contributed by atoms with Crippen molar-refractivity contribution in [3.05, 3.63) is 74.2 Å². The zero-order valence-corrected chi connectivity index (χ0v) is 17.0. The highest BCUT2D eigenvalue weighted by Gasteiger charge is 2.31. The van der Waals surface area contributed by atoms with E-state index < -0.39 is 4.92 Å².